The van der Waals surface area contributed by atoms with Crippen molar-refractivity contribution < 1.29 is 14.2 Å². The first-order chi connectivity index (χ1) is 15.1. The molecule has 1 heterocycles. The molecule has 182 valence electrons. The third kappa shape index (κ3) is 9.41. The third-order valence-electron chi connectivity index (χ3n) is 5.08. The van der Waals surface area contributed by atoms with Crippen molar-refractivity contribution in [2.45, 2.75) is 26.2 Å². The molecule has 0 atom stereocenters. The Morgan fingerprint density at radius 1 is 1.06 bits per heavy atom. The van der Waals surface area contributed by atoms with Gasteiger partial charge in [0, 0.05) is 69.7 Å². The van der Waals surface area contributed by atoms with Gasteiger partial charge in [0.2, 0.25) is 0 Å². The van der Waals surface area contributed by atoms with Crippen molar-refractivity contribution in [2.75, 3.05) is 67.7 Å². The lowest BCUT2D eigenvalue weighted by Crippen LogP contribution is -2.41. The summed E-state index contributed by atoms with van der Waals surface area (Å²) in [6, 6.07) is 6.06. The lowest BCUT2D eigenvalue weighted by Gasteiger charge is -2.18. The van der Waals surface area contributed by atoms with Crippen LogP contribution in [0.15, 0.2) is 23.2 Å². The molecule has 2 rings (SSSR count). The molecule has 0 spiro atoms. The van der Waals surface area contributed by atoms with Crippen molar-refractivity contribution in [3.8, 4) is 11.5 Å². The van der Waals surface area contributed by atoms with Gasteiger partial charge in [-0.2, -0.15) is 0 Å². The van der Waals surface area contributed by atoms with Gasteiger partial charge < -0.3 is 34.7 Å². The molecular weight excluding hydrogens is 521 g/mol. The van der Waals surface area contributed by atoms with Gasteiger partial charge in [-0.25, -0.2) is 0 Å². The number of halogens is 1. The minimum atomic E-state index is 0. The Hall–Kier alpha value is -1.72. The average Bonchev–Trinajstić information content (AvgIpc) is 3.18. The maximum absolute atomic E-state index is 5.50. The van der Waals surface area contributed by atoms with Crippen LogP contribution >= 0.6 is 24.0 Å². The molecule has 1 aromatic carbocycles. The zero-order valence-corrected chi connectivity index (χ0v) is 22.5. The fourth-order valence-corrected chi connectivity index (χ4v) is 3.42. The number of hydrogen-bond donors (Lipinski definition) is 3. The minimum Gasteiger partial charge on any atom is -0.497 e. The number of aromatic amines is 1. The van der Waals surface area contributed by atoms with Crippen molar-refractivity contribution in [1.29, 1.82) is 0 Å². The number of aliphatic imine (C=N–C) groups is 1. The fourth-order valence-electron chi connectivity index (χ4n) is 3.42. The standard InChI is InChI=1S/C23H39N5O3.HI/c1-6-24-23(26-11-13-28(2)12-8-14-29-3)25-10-7-9-18-15-20-21(27-18)16-19(30-4)17-22(20)31-5;/h15-17,27H,6-14H2,1-5H3,(H2,24,25,26);1H. The second kappa shape index (κ2) is 16.0. The van der Waals surface area contributed by atoms with Gasteiger partial charge in [-0.05, 0) is 39.3 Å². The smallest absolute Gasteiger partial charge is 0.191 e. The SMILES string of the molecule is CCNC(=NCCCc1cc2c(OC)cc(OC)cc2[nH]1)NCCN(C)CCCOC.I. The first-order valence-corrected chi connectivity index (χ1v) is 11.0. The van der Waals surface area contributed by atoms with E-state index in [9.17, 15) is 0 Å². The molecule has 0 amide bonds. The molecule has 9 heteroatoms. The Morgan fingerprint density at radius 2 is 1.88 bits per heavy atom. The van der Waals surface area contributed by atoms with Crippen LogP contribution in [-0.4, -0.2) is 83.6 Å². The number of hydrogen-bond acceptors (Lipinski definition) is 5. The number of fused-ring (bicyclic) bond motifs is 1. The molecule has 0 saturated heterocycles. The van der Waals surface area contributed by atoms with Gasteiger partial charge in [-0.1, -0.05) is 0 Å². The summed E-state index contributed by atoms with van der Waals surface area (Å²) in [4.78, 5) is 10.5. The van der Waals surface area contributed by atoms with Gasteiger partial charge in [0.05, 0.1) is 19.7 Å². The molecule has 0 bridgehead atoms. The Balaban J connectivity index is 0.00000512. The zero-order valence-electron chi connectivity index (χ0n) is 20.1. The minimum absolute atomic E-state index is 0. The highest BCUT2D eigenvalue weighted by atomic mass is 127. The number of nitrogens with one attached hydrogen (secondary N) is 3. The van der Waals surface area contributed by atoms with Crippen LogP contribution in [0.3, 0.4) is 0 Å². The van der Waals surface area contributed by atoms with Crippen LogP contribution in [0, 0.1) is 0 Å². The normalized spacial score (nSPS) is 11.5. The van der Waals surface area contributed by atoms with E-state index in [2.05, 4.69) is 40.6 Å². The Bertz CT molecular complexity index is 812. The highest BCUT2D eigenvalue weighted by molar-refractivity contribution is 14.0. The number of likely N-dealkylation sites (N-methyl/N-ethyl adjacent to an activating group) is 1. The quantitative estimate of drug-likeness (QED) is 0.142. The molecule has 32 heavy (non-hydrogen) atoms. The van der Waals surface area contributed by atoms with Gasteiger partial charge in [-0.15, -0.1) is 24.0 Å². The van der Waals surface area contributed by atoms with Crippen LogP contribution in [0.2, 0.25) is 0 Å². The maximum atomic E-state index is 5.50. The molecule has 0 aliphatic rings. The lowest BCUT2D eigenvalue weighted by molar-refractivity contribution is 0.180. The first kappa shape index (κ1) is 28.3. The van der Waals surface area contributed by atoms with Crippen molar-refractivity contribution in [3.05, 3.63) is 23.9 Å². The molecule has 2 aromatic rings. The number of rotatable bonds is 14. The van der Waals surface area contributed by atoms with Crippen LogP contribution < -0.4 is 20.1 Å². The molecule has 0 aliphatic carbocycles. The van der Waals surface area contributed by atoms with Crippen LogP contribution in [0.25, 0.3) is 10.9 Å². The van der Waals surface area contributed by atoms with E-state index in [1.54, 1.807) is 21.3 Å². The van der Waals surface area contributed by atoms with E-state index in [4.69, 9.17) is 19.2 Å². The van der Waals surface area contributed by atoms with E-state index in [1.165, 1.54) is 5.69 Å². The number of nitrogens with zero attached hydrogens (tertiary/aromatic N) is 2. The fraction of sp³-hybridized carbons (Fsp3) is 0.609. The van der Waals surface area contributed by atoms with Crippen molar-refractivity contribution in [2.24, 2.45) is 4.99 Å². The predicted molar refractivity (Wildman–Crippen MR) is 143 cm³/mol. The first-order valence-electron chi connectivity index (χ1n) is 11.0. The number of H-pyrrole nitrogens is 1. The van der Waals surface area contributed by atoms with Crippen LogP contribution in [0.4, 0.5) is 0 Å². The number of methoxy groups -OCH3 is 3. The van der Waals surface area contributed by atoms with E-state index in [1.807, 2.05) is 12.1 Å². The summed E-state index contributed by atoms with van der Waals surface area (Å²) in [5.41, 5.74) is 2.20. The Labute approximate surface area is 209 Å². The van der Waals surface area contributed by atoms with Crippen molar-refractivity contribution in [1.82, 2.24) is 20.5 Å². The van der Waals surface area contributed by atoms with Gasteiger partial charge in [0.15, 0.2) is 5.96 Å². The number of guanidine groups is 1. The maximum Gasteiger partial charge on any atom is 0.191 e. The van der Waals surface area contributed by atoms with E-state index < -0.39 is 0 Å². The van der Waals surface area contributed by atoms with Crippen LogP contribution in [0.5, 0.6) is 11.5 Å². The third-order valence-corrected chi connectivity index (χ3v) is 5.08. The Morgan fingerprint density at radius 3 is 2.56 bits per heavy atom. The molecule has 1 aromatic heterocycles. The van der Waals surface area contributed by atoms with E-state index in [0.717, 1.165) is 87.0 Å². The molecule has 0 saturated carbocycles. The molecule has 8 nitrogen and oxygen atoms in total. The molecule has 0 unspecified atom stereocenters. The van der Waals surface area contributed by atoms with Crippen molar-refractivity contribution in [3.63, 3.8) is 0 Å². The summed E-state index contributed by atoms with van der Waals surface area (Å²) in [6.45, 7) is 7.35. The molecule has 0 radical (unpaired) electrons. The second-order valence-electron chi connectivity index (χ2n) is 7.53. The van der Waals surface area contributed by atoms with Gasteiger partial charge in [0.1, 0.15) is 11.5 Å². The zero-order chi connectivity index (χ0) is 22.5. The number of aromatic nitrogens is 1. The topological polar surface area (TPSA) is 83.1 Å². The highest BCUT2D eigenvalue weighted by Gasteiger charge is 2.09. The molecule has 0 fully saturated rings. The summed E-state index contributed by atoms with van der Waals surface area (Å²) in [6.07, 6.45) is 2.93. The van der Waals surface area contributed by atoms with E-state index >= 15 is 0 Å². The summed E-state index contributed by atoms with van der Waals surface area (Å²) in [5.74, 6) is 2.48. The summed E-state index contributed by atoms with van der Waals surface area (Å²) >= 11 is 0. The molecular formula is C23H40IN5O3. The van der Waals surface area contributed by atoms with Crippen LogP contribution in [0.1, 0.15) is 25.5 Å². The van der Waals surface area contributed by atoms with Crippen molar-refractivity contribution >= 4 is 40.8 Å². The van der Waals surface area contributed by atoms with Gasteiger partial charge >= 0.3 is 0 Å². The monoisotopic (exact) mass is 561 g/mol. The number of aryl methyl sites for hydroxylation is 1. The second-order valence-corrected chi connectivity index (χ2v) is 7.53. The van der Waals surface area contributed by atoms with Gasteiger partial charge in [0.25, 0.3) is 0 Å². The number of ether oxygens (including phenoxy) is 3. The molecule has 0 aliphatic heterocycles. The summed E-state index contributed by atoms with van der Waals surface area (Å²) < 4.78 is 16.0. The lowest BCUT2D eigenvalue weighted by atomic mass is 10.2. The summed E-state index contributed by atoms with van der Waals surface area (Å²) in [5, 5.41) is 7.81. The van der Waals surface area contributed by atoms with E-state index in [-0.39, 0.29) is 24.0 Å². The molecule has 3 N–H and O–H groups in total. The predicted octanol–water partition coefficient (Wildman–Crippen LogP) is 3.26. The number of benzene rings is 1. The van der Waals surface area contributed by atoms with Crippen LogP contribution in [-0.2, 0) is 11.2 Å². The average molecular weight is 562 g/mol. The Kier molecular flexibility index (Phi) is 14.1. The van der Waals surface area contributed by atoms with E-state index in [0.29, 0.717) is 0 Å². The largest absolute Gasteiger partial charge is 0.497 e. The summed E-state index contributed by atoms with van der Waals surface area (Å²) in [7, 11) is 7.22. The van der Waals surface area contributed by atoms with Gasteiger partial charge in [-0.3, -0.25) is 4.99 Å². The highest BCUT2D eigenvalue weighted by Crippen LogP contribution is 2.31.